The number of likely N-dealkylation sites (N-methyl/N-ethyl adjacent to an activating group) is 1. The largest absolute Gasteiger partial charge is 0.489 e. The molecule has 0 aliphatic rings. The third-order valence-electron chi connectivity index (χ3n) is 3.95. The van der Waals surface area contributed by atoms with Gasteiger partial charge < -0.3 is 9.64 Å². The molecule has 1 atom stereocenters. The lowest BCUT2D eigenvalue weighted by Crippen LogP contribution is -2.30. The SMILES string of the molecule is CCN(C)[C@H](C)Cc1ccc(OCc2ccccc2)cc1. The predicted octanol–water partition coefficient (Wildman–Crippen LogP) is 4.15. The Hall–Kier alpha value is -1.80. The first-order valence-corrected chi connectivity index (χ1v) is 7.65. The average molecular weight is 283 g/mol. The highest BCUT2D eigenvalue weighted by Crippen LogP contribution is 2.16. The molecule has 0 N–H and O–H groups in total. The van der Waals surface area contributed by atoms with Gasteiger partial charge in [-0.05, 0) is 50.2 Å². The molecule has 0 fully saturated rings. The summed E-state index contributed by atoms with van der Waals surface area (Å²) in [6.07, 6.45) is 1.07. The lowest BCUT2D eigenvalue weighted by Gasteiger charge is -2.23. The fourth-order valence-electron chi connectivity index (χ4n) is 2.27. The van der Waals surface area contributed by atoms with Crippen LogP contribution < -0.4 is 4.74 Å². The molecule has 0 heterocycles. The van der Waals surface area contributed by atoms with Crippen LogP contribution in [-0.4, -0.2) is 24.5 Å². The molecule has 2 heteroatoms. The van der Waals surface area contributed by atoms with Crippen molar-refractivity contribution in [2.75, 3.05) is 13.6 Å². The minimum atomic E-state index is 0.561. The summed E-state index contributed by atoms with van der Waals surface area (Å²) in [5.74, 6) is 0.930. The van der Waals surface area contributed by atoms with E-state index in [1.165, 1.54) is 11.1 Å². The van der Waals surface area contributed by atoms with Gasteiger partial charge in [0.1, 0.15) is 12.4 Å². The van der Waals surface area contributed by atoms with Gasteiger partial charge in [-0.25, -0.2) is 0 Å². The van der Waals surface area contributed by atoms with Crippen LogP contribution in [0.1, 0.15) is 25.0 Å². The lowest BCUT2D eigenvalue weighted by atomic mass is 10.1. The van der Waals surface area contributed by atoms with E-state index < -0.39 is 0 Å². The van der Waals surface area contributed by atoms with Crippen LogP contribution in [0.15, 0.2) is 54.6 Å². The van der Waals surface area contributed by atoms with E-state index in [9.17, 15) is 0 Å². The molecule has 0 bridgehead atoms. The monoisotopic (exact) mass is 283 g/mol. The van der Waals surface area contributed by atoms with Crippen LogP contribution in [0, 0.1) is 0 Å². The Morgan fingerprint density at radius 3 is 2.24 bits per heavy atom. The summed E-state index contributed by atoms with van der Waals surface area (Å²) >= 11 is 0. The van der Waals surface area contributed by atoms with E-state index in [2.05, 4.69) is 62.2 Å². The maximum absolute atomic E-state index is 5.81. The number of hydrogen-bond acceptors (Lipinski definition) is 2. The molecule has 0 aromatic heterocycles. The Bertz CT molecular complexity index is 521. The molecule has 2 rings (SSSR count). The summed E-state index contributed by atoms with van der Waals surface area (Å²) in [5.41, 5.74) is 2.55. The Morgan fingerprint density at radius 2 is 1.62 bits per heavy atom. The van der Waals surface area contributed by atoms with Crippen LogP contribution in [0.4, 0.5) is 0 Å². The molecule has 0 unspecified atom stereocenters. The molecular weight excluding hydrogens is 258 g/mol. The van der Waals surface area contributed by atoms with Gasteiger partial charge in [0.05, 0.1) is 0 Å². The Labute approximate surface area is 128 Å². The fourth-order valence-corrected chi connectivity index (χ4v) is 2.27. The second kappa shape index (κ2) is 7.84. The zero-order valence-electron chi connectivity index (χ0n) is 13.3. The van der Waals surface area contributed by atoms with Gasteiger partial charge in [-0.2, -0.15) is 0 Å². The van der Waals surface area contributed by atoms with E-state index in [0.717, 1.165) is 18.7 Å². The van der Waals surface area contributed by atoms with Gasteiger partial charge in [-0.15, -0.1) is 0 Å². The van der Waals surface area contributed by atoms with Crippen molar-refractivity contribution >= 4 is 0 Å². The molecule has 0 saturated carbocycles. The highest BCUT2D eigenvalue weighted by molar-refractivity contribution is 5.28. The van der Waals surface area contributed by atoms with Crippen LogP contribution in [0.2, 0.25) is 0 Å². The summed E-state index contributed by atoms with van der Waals surface area (Å²) in [6, 6.07) is 19.3. The molecule has 2 aromatic rings. The minimum absolute atomic E-state index is 0.561. The van der Waals surface area contributed by atoms with E-state index in [4.69, 9.17) is 4.74 Å². The lowest BCUT2D eigenvalue weighted by molar-refractivity contribution is 0.269. The highest BCUT2D eigenvalue weighted by atomic mass is 16.5. The van der Waals surface area contributed by atoms with Crippen molar-refractivity contribution in [2.45, 2.75) is 32.9 Å². The van der Waals surface area contributed by atoms with Crippen molar-refractivity contribution in [1.82, 2.24) is 4.90 Å². The quantitative estimate of drug-likeness (QED) is 0.757. The first-order valence-electron chi connectivity index (χ1n) is 7.65. The molecule has 0 radical (unpaired) electrons. The Kier molecular flexibility index (Phi) is 5.82. The molecule has 0 spiro atoms. The van der Waals surface area contributed by atoms with Gasteiger partial charge >= 0.3 is 0 Å². The van der Waals surface area contributed by atoms with Crippen LogP contribution in [0.5, 0.6) is 5.75 Å². The van der Waals surface area contributed by atoms with Crippen LogP contribution >= 0.6 is 0 Å². The van der Waals surface area contributed by atoms with E-state index in [1.54, 1.807) is 0 Å². The molecule has 0 saturated heterocycles. The summed E-state index contributed by atoms with van der Waals surface area (Å²) in [6.45, 7) is 6.16. The van der Waals surface area contributed by atoms with Gasteiger partial charge in [0, 0.05) is 6.04 Å². The summed E-state index contributed by atoms with van der Waals surface area (Å²) in [4.78, 5) is 2.36. The molecule has 0 aliphatic heterocycles. The van der Waals surface area contributed by atoms with Gasteiger partial charge in [-0.3, -0.25) is 0 Å². The second-order valence-electron chi connectivity index (χ2n) is 5.54. The zero-order chi connectivity index (χ0) is 15.1. The van der Waals surface area contributed by atoms with E-state index in [-0.39, 0.29) is 0 Å². The van der Waals surface area contributed by atoms with Crippen LogP contribution in [0.3, 0.4) is 0 Å². The standard InChI is InChI=1S/C19H25NO/c1-4-20(3)16(2)14-17-10-12-19(13-11-17)21-15-18-8-6-5-7-9-18/h5-13,16H,4,14-15H2,1-3H3/t16-/m1/s1. The van der Waals surface area contributed by atoms with Gasteiger partial charge in [0.25, 0.3) is 0 Å². The van der Waals surface area contributed by atoms with Gasteiger partial charge in [-0.1, -0.05) is 49.4 Å². The van der Waals surface area contributed by atoms with Crippen molar-refractivity contribution in [3.8, 4) is 5.75 Å². The van der Waals surface area contributed by atoms with Crippen LogP contribution in [-0.2, 0) is 13.0 Å². The Balaban J connectivity index is 1.87. The second-order valence-corrected chi connectivity index (χ2v) is 5.54. The number of nitrogens with zero attached hydrogens (tertiary/aromatic N) is 1. The van der Waals surface area contributed by atoms with Crippen molar-refractivity contribution in [3.63, 3.8) is 0 Å². The highest BCUT2D eigenvalue weighted by Gasteiger charge is 2.08. The summed E-state index contributed by atoms with van der Waals surface area (Å²) in [5, 5.41) is 0. The molecule has 112 valence electrons. The predicted molar refractivity (Wildman–Crippen MR) is 88.7 cm³/mol. The first-order chi connectivity index (χ1) is 10.2. The Morgan fingerprint density at radius 1 is 0.952 bits per heavy atom. The maximum Gasteiger partial charge on any atom is 0.119 e. The minimum Gasteiger partial charge on any atom is -0.489 e. The summed E-state index contributed by atoms with van der Waals surface area (Å²) in [7, 11) is 2.17. The fraction of sp³-hybridized carbons (Fsp3) is 0.368. The van der Waals surface area contributed by atoms with Gasteiger partial charge in [0.2, 0.25) is 0 Å². The number of hydrogen-bond donors (Lipinski definition) is 0. The average Bonchev–Trinajstić information content (AvgIpc) is 2.54. The zero-order valence-corrected chi connectivity index (χ0v) is 13.3. The normalized spacial score (nSPS) is 12.4. The number of ether oxygens (including phenoxy) is 1. The molecule has 0 amide bonds. The molecule has 2 nitrogen and oxygen atoms in total. The van der Waals surface area contributed by atoms with Gasteiger partial charge in [0.15, 0.2) is 0 Å². The third-order valence-corrected chi connectivity index (χ3v) is 3.95. The molecule has 21 heavy (non-hydrogen) atoms. The molecular formula is C19H25NO. The van der Waals surface area contributed by atoms with Crippen molar-refractivity contribution in [1.29, 1.82) is 0 Å². The molecule has 0 aliphatic carbocycles. The number of benzene rings is 2. The number of rotatable bonds is 7. The molecule has 2 aromatic carbocycles. The summed E-state index contributed by atoms with van der Waals surface area (Å²) < 4.78 is 5.81. The van der Waals surface area contributed by atoms with Crippen LogP contribution in [0.25, 0.3) is 0 Å². The maximum atomic E-state index is 5.81. The van der Waals surface area contributed by atoms with Crippen molar-refractivity contribution in [2.24, 2.45) is 0 Å². The van der Waals surface area contributed by atoms with E-state index in [1.807, 2.05) is 18.2 Å². The van der Waals surface area contributed by atoms with Crippen molar-refractivity contribution < 1.29 is 4.74 Å². The third kappa shape index (κ3) is 4.91. The van der Waals surface area contributed by atoms with E-state index >= 15 is 0 Å². The van der Waals surface area contributed by atoms with E-state index in [0.29, 0.717) is 12.6 Å². The smallest absolute Gasteiger partial charge is 0.119 e. The first kappa shape index (κ1) is 15.6. The topological polar surface area (TPSA) is 12.5 Å². The van der Waals surface area contributed by atoms with Crippen molar-refractivity contribution in [3.05, 3.63) is 65.7 Å².